The molecule has 0 amide bonds. The summed E-state index contributed by atoms with van der Waals surface area (Å²) in [4.78, 5) is 19.8. The van der Waals surface area contributed by atoms with Gasteiger partial charge in [0.1, 0.15) is 6.33 Å². The minimum absolute atomic E-state index is 0.0851. The van der Waals surface area contributed by atoms with E-state index in [1.54, 1.807) is 31.3 Å². The van der Waals surface area contributed by atoms with Crippen LogP contribution in [-0.2, 0) is 0 Å². The van der Waals surface area contributed by atoms with Crippen LogP contribution in [0.5, 0.6) is 5.88 Å². The van der Waals surface area contributed by atoms with Crippen LogP contribution in [0, 0.1) is 21.4 Å². The van der Waals surface area contributed by atoms with Gasteiger partial charge < -0.3 is 9.64 Å². The summed E-state index contributed by atoms with van der Waals surface area (Å²) in [6.07, 6.45) is 1.19. The van der Waals surface area contributed by atoms with E-state index in [9.17, 15) is 10.1 Å². The second-order valence-corrected chi connectivity index (χ2v) is 4.03. The van der Waals surface area contributed by atoms with Gasteiger partial charge in [0.2, 0.25) is 5.82 Å². The maximum absolute atomic E-state index is 11.2. The van der Waals surface area contributed by atoms with Crippen molar-refractivity contribution in [2.75, 3.05) is 19.1 Å². The fourth-order valence-corrected chi connectivity index (χ4v) is 1.81. The third kappa shape index (κ3) is 2.71. The maximum atomic E-state index is 11.2. The second-order valence-electron chi connectivity index (χ2n) is 4.03. The van der Waals surface area contributed by atoms with Gasteiger partial charge in [-0.05, 0) is 18.2 Å². The highest BCUT2D eigenvalue weighted by Crippen LogP contribution is 2.35. The van der Waals surface area contributed by atoms with Crippen molar-refractivity contribution in [1.29, 1.82) is 5.26 Å². The molecule has 2 rings (SSSR count). The Bertz CT molecular complexity index is 726. The molecule has 0 aliphatic heterocycles. The van der Waals surface area contributed by atoms with Crippen LogP contribution in [0.1, 0.15) is 5.56 Å². The van der Waals surface area contributed by atoms with Crippen LogP contribution in [0.3, 0.4) is 0 Å². The molecule has 0 aliphatic rings. The van der Waals surface area contributed by atoms with Gasteiger partial charge in [0.05, 0.1) is 23.7 Å². The average Bonchev–Trinajstić information content (AvgIpc) is 2.53. The van der Waals surface area contributed by atoms with E-state index in [4.69, 9.17) is 10.00 Å². The van der Waals surface area contributed by atoms with E-state index in [-0.39, 0.29) is 17.4 Å². The van der Waals surface area contributed by atoms with Crippen molar-refractivity contribution in [3.8, 4) is 11.9 Å². The molecule has 0 radical (unpaired) electrons. The number of aromatic nitrogens is 2. The molecule has 0 spiro atoms. The normalized spacial score (nSPS) is 9.76. The van der Waals surface area contributed by atoms with Crippen LogP contribution in [-0.4, -0.2) is 29.0 Å². The van der Waals surface area contributed by atoms with E-state index in [1.807, 2.05) is 6.07 Å². The molecule has 0 unspecified atom stereocenters. The first kappa shape index (κ1) is 14.2. The van der Waals surface area contributed by atoms with Gasteiger partial charge in [0, 0.05) is 12.7 Å². The van der Waals surface area contributed by atoms with E-state index in [2.05, 4.69) is 9.97 Å². The zero-order valence-corrected chi connectivity index (χ0v) is 11.3. The third-order valence-electron chi connectivity index (χ3n) is 2.83. The van der Waals surface area contributed by atoms with Crippen molar-refractivity contribution < 1.29 is 9.66 Å². The minimum atomic E-state index is -0.598. The van der Waals surface area contributed by atoms with Gasteiger partial charge in [-0.3, -0.25) is 10.1 Å². The fourth-order valence-electron chi connectivity index (χ4n) is 1.81. The van der Waals surface area contributed by atoms with Gasteiger partial charge >= 0.3 is 5.69 Å². The lowest BCUT2D eigenvalue weighted by atomic mass is 10.2. The number of hydrogen-bond acceptors (Lipinski definition) is 7. The largest absolute Gasteiger partial charge is 0.476 e. The molecule has 8 nitrogen and oxygen atoms in total. The first-order chi connectivity index (χ1) is 10.1. The van der Waals surface area contributed by atoms with Gasteiger partial charge in [-0.2, -0.15) is 10.2 Å². The molecule has 106 valence electrons. The number of nitro groups is 1. The summed E-state index contributed by atoms with van der Waals surface area (Å²) in [6, 6.07) is 8.68. The van der Waals surface area contributed by atoms with E-state index in [0.717, 1.165) is 0 Å². The summed E-state index contributed by atoms with van der Waals surface area (Å²) in [5.74, 6) is -0.0322. The smallest absolute Gasteiger partial charge is 0.373 e. The number of nitrogens with zero attached hydrogens (tertiary/aromatic N) is 5. The predicted octanol–water partition coefficient (Wildman–Crippen LogP) is 2.03. The highest BCUT2D eigenvalue weighted by atomic mass is 16.6. The lowest BCUT2D eigenvalue weighted by molar-refractivity contribution is -0.385. The minimum Gasteiger partial charge on any atom is -0.476 e. The molecule has 0 aliphatic carbocycles. The van der Waals surface area contributed by atoms with Crippen LogP contribution in [0.25, 0.3) is 0 Å². The molecule has 1 heterocycles. The third-order valence-corrected chi connectivity index (χ3v) is 2.83. The zero-order chi connectivity index (χ0) is 15.4. The monoisotopic (exact) mass is 285 g/mol. The quantitative estimate of drug-likeness (QED) is 0.625. The second kappa shape index (κ2) is 5.83. The van der Waals surface area contributed by atoms with Crippen LogP contribution in [0.15, 0.2) is 30.6 Å². The molecule has 0 N–H and O–H groups in total. The Kier molecular flexibility index (Phi) is 3.95. The fraction of sp³-hybridized carbons (Fsp3) is 0.154. The van der Waals surface area contributed by atoms with Crippen LogP contribution >= 0.6 is 0 Å². The van der Waals surface area contributed by atoms with E-state index >= 15 is 0 Å². The SMILES string of the molecule is COc1ncnc(N(C)c2cccc(C#N)c2)c1[N+](=O)[O-]. The topological polar surface area (TPSA) is 105 Å². The van der Waals surface area contributed by atoms with Gasteiger partial charge in [-0.25, -0.2) is 4.98 Å². The molecule has 0 fully saturated rings. The molecule has 2 aromatic rings. The summed E-state index contributed by atoms with van der Waals surface area (Å²) in [5.41, 5.74) is 0.714. The first-order valence-corrected chi connectivity index (χ1v) is 5.85. The van der Waals surface area contributed by atoms with Crippen LogP contribution in [0.4, 0.5) is 17.2 Å². The van der Waals surface area contributed by atoms with E-state index in [1.165, 1.54) is 18.3 Å². The molecule has 1 aromatic heterocycles. The first-order valence-electron chi connectivity index (χ1n) is 5.85. The lowest BCUT2D eigenvalue weighted by Crippen LogP contribution is -2.14. The Hall–Kier alpha value is -3.21. The summed E-state index contributed by atoms with van der Waals surface area (Å²) < 4.78 is 4.91. The van der Waals surface area contributed by atoms with E-state index < -0.39 is 4.92 Å². The zero-order valence-electron chi connectivity index (χ0n) is 11.3. The summed E-state index contributed by atoms with van der Waals surface area (Å²) in [7, 11) is 2.92. The number of anilines is 2. The molecule has 0 saturated carbocycles. The highest BCUT2D eigenvalue weighted by Gasteiger charge is 2.27. The van der Waals surface area contributed by atoms with Gasteiger partial charge in [0.25, 0.3) is 5.88 Å². The average molecular weight is 285 g/mol. The van der Waals surface area contributed by atoms with Crippen molar-refractivity contribution >= 4 is 17.2 Å². The van der Waals surface area contributed by atoms with Crippen LogP contribution in [0.2, 0.25) is 0 Å². The Morgan fingerprint density at radius 3 is 2.81 bits per heavy atom. The number of methoxy groups -OCH3 is 1. The number of nitriles is 1. The Balaban J connectivity index is 2.55. The molecule has 0 atom stereocenters. The van der Waals surface area contributed by atoms with Gasteiger partial charge in [0.15, 0.2) is 0 Å². The summed E-state index contributed by atoms with van der Waals surface area (Å²) in [5, 5.41) is 20.1. The van der Waals surface area contributed by atoms with Gasteiger partial charge in [-0.1, -0.05) is 6.07 Å². The van der Waals surface area contributed by atoms with Crippen molar-refractivity contribution in [2.45, 2.75) is 0 Å². The molecule has 0 saturated heterocycles. The molecule has 21 heavy (non-hydrogen) atoms. The number of benzene rings is 1. The number of hydrogen-bond donors (Lipinski definition) is 0. The van der Waals surface area contributed by atoms with Crippen LogP contribution < -0.4 is 9.64 Å². The van der Waals surface area contributed by atoms with Crippen molar-refractivity contribution in [1.82, 2.24) is 9.97 Å². The maximum Gasteiger partial charge on any atom is 0.373 e. The summed E-state index contributed by atoms with van der Waals surface area (Å²) >= 11 is 0. The molecular formula is C13H11N5O3. The number of ether oxygens (including phenoxy) is 1. The lowest BCUT2D eigenvalue weighted by Gasteiger charge is -2.18. The Labute approximate surface area is 120 Å². The molecule has 1 aromatic carbocycles. The predicted molar refractivity (Wildman–Crippen MR) is 74.5 cm³/mol. The highest BCUT2D eigenvalue weighted by molar-refractivity contribution is 5.71. The molecule has 8 heteroatoms. The Morgan fingerprint density at radius 2 is 2.19 bits per heavy atom. The van der Waals surface area contributed by atoms with Crippen molar-refractivity contribution in [3.05, 3.63) is 46.3 Å². The molecular weight excluding hydrogens is 274 g/mol. The molecule has 0 bridgehead atoms. The number of rotatable bonds is 4. The Morgan fingerprint density at radius 1 is 1.43 bits per heavy atom. The van der Waals surface area contributed by atoms with E-state index in [0.29, 0.717) is 11.3 Å². The standard InChI is InChI=1S/C13H11N5O3/c1-17(10-5-3-4-9(6-10)7-14)12-11(18(19)20)13(21-2)16-8-15-12/h3-6,8H,1-2H3. The van der Waals surface area contributed by atoms with Gasteiger partial charge in [-0.15, -0.1) is 0 Å². The van der Waals surface area contributed by atoms with Crippen molar-refractivity contribution in [2.24, 2.45) is 0 Å². The van der Waals surface area contributed by atoms with Crippen molar-refractivity contribution in [3.63, 3.8) is 0 Å². The summed E-state index contributed by atoms with van der Waals surface area (Å²) in [6.45, 7) is 0.